The fourth-order valence-corrected chi connectivity index (χ4v) is 5.80. The Bertz CT molecular complexity index is 978. The van der Waals surface area contributed by atoms with Gasteiger partial charge in [-0.1, -0.05) is 15.9 Å². The third-order valence-electron chi connectivity index (χ3n) is 5.15. The number of nitrogens with zero attached hydrogens (tertiary/aromatic N) is 1. The van der Waals surface area contributed by atoms with Crippen molar-refractivity contribution in [3.8, 4) is 0 Å². The summed E-state index contributed by atoms with van der Waals surface area (Å²) in [4.78, 5) is 25.5. The van der Waals surface area contributed by atoms with E-state index < -0.39 is 28.3 Å². The summed E-state index contributed by atoms with van der Waals surface area (Å²) in [5.41, 5.74) is 0.884. The Balaban J connectivity index is 2.19. The summed E-state index contributed by atoms with van der Waals surface area (Å²) in [5, 5.41) is 0.749. The van der Waals surface area contributed by atoms with Gasteiger partial charge in [-0.15, -0.1) is 0 Å². The lowest BCUT2D eigenvalue weighted by molar-refractivity contribution is 0.0544. The van der Waals surface area contributed by atoms with Crippen LogP contribution in [0.25, 0.3) is 10.9 Å². The average Bonchev–Trinajstić information content (AvgIpc) is 2.91. The number of carbonyl (C=O) groups excluding carboxylic acids is 2. The van der Waals surface area contributed by atoms with Crippen molar-refractivity contribution >= 4 is 49.5 Å². The monoisotopic (exact) mass is 501 g/mol. The maximum atomic E-state index is 13.0. The van der Waals surface area contributed by atoms with E-state index in [9.17, 15) is 18.7 Å². The highest BCUT2D eigenvalue weighted by Crippen LogP contribution is 2.47. The summed E-state index contributed by atoms with van der Waals surface area (Å²) in [6.45, 7) is 5.35. The Labute approximate surface area is 186 Å². The number of halogens is 1. The van der Waals surface area contributed by atoms with Gasteiger partial charge in [-0.2, -0.15) is 10.6 Å². The SMILES string of the molecule is COC(=O)c1cc(Br)cc2c(C3CCCS(O)(O)CC3)cn(C(=O)OC(C)(C)C)c12. The van der Waals surface area contributed by atoms with Crippen molar-refractivity contribution in [2.24, 2.45) is 0 Å². The minimum absolute atomic E-state index is 0.0321. The number of aromatic nitrogens is 1. The second-order valence-electron chi connectivity index (χ2n) is 8.61. The van der Waals surface area contributed by atoms with E-state index in [-0.39, 0.29) is 11.5 Å². The third-order valence-corrected chi connectivity index (χ3v) is 7.44. The van der Waals surface area contributed by atoms with E-state index in [1.54, 1.807) is 33.0 Å². The van der Waals surface area contributed by atoms with Gasteiger partial charge in [-0.3, -0.25) is 13.7 Å². The van der Waals surface area contributed by atoms with Gasteiger partial charge < -0.3 is 9.47 Å². The van der Waals surface area contributed by atoms with Crippen molar-refractivity contribution in [2.75, 3.05) is 18.6 Å². The Morgan fingerprint density at radius 1 is 1.20 bits per heavy atom. The van der Waals surface area contributed by atoms with Crippen molar-refractivity contribution in [2.45, 2.75) is 51.6 Å². The molecule has 166 valence electrons. The van der Waals surface area contributed by atoms with Crippen LogP contribution in [0.1, 0.15) is 61.9 Å². The molecule has 1 aromatic heterocycles. The van der Waals surface area contributed by atoms with Crippen LogP contribution in [0.3, 0.4) is 0 Å². The predicted octanol–water partition coefficient (Wildman–Crippen LogP) is 5.99. The van der Waals surface area contributed by atoms with E-state index in [1.165, 1.54) is 11.7 Å². The summed E-state index contributed by atoms with van der Waals surface area (Å²) in [6.07, 6.45) is 3.19. The lowest BCUT2D eigenvalue weighted by Gasteiger charge is -2.30. The molecule has 1 aromatic carbocycles. The highest BCUT2D eigenvalue weighted by Gasteiger charge is 2.29. The zero-order valence-corrected chi connectivity index (χ0v) is 20.0. The minimum Gasteiger partial charge on any atom is -0.465 e. The number of esters is 1. The van der Waals surface area contributed by atoms with Crippen LogP contribution >= 0.6 is 26.5 Å². The van der Waals surface area contributed by atoms with E-state index in [4.69, 9.17) is 9.47 Å². The molecule has 2 N–H and O–H groups in total. The molecule has 0 spiro atoms. The molecule has 0 amide bonds. The van der Waals surface area contributed by atoms with Crippen LogP contribution in [0.15, 0.2) is 22.8 Å². The molecule has 2 aromatic rings. The van der Waals surface area contributed by atoms with Crippen LogP contribution in [-0.2, 0) is 9.47 Å². The van der Waals surface area contributed by atoms with E-state index in [2.05, 4.69) is 15.9 Å². The molecule has 1 unspecified atom stereocenters. The summed E-state index contributed by atoms with van der Waals surface area (Å²) in [7, 11) is -1.26. The van der Waals surface area contributed by atoms with Gasteiger partial charge in [-0.25, -0.2) is 9.59 Å². The minimum atomic E-state index is -2.56. The molecule has 9 heteroatoms. The molecule has 1 aliphatic rings. The fourth-order valence-electron chi connectivity index (χ4n) is 3.85. The molecule has 3 rings (SSSR count). The van der Waals surface area contributed by atoms with Crippen LogP contribution in [0, 0.1) is 0 Å². The van der Waals surface area contributed by atoms with Gasteiger partial charge in [0.25, 0.3) is 0 Å². The summed E-state index contributed by atoms with van der Waals surface area (Å²) in [5.74, 6) is 0.204. The molecule has 7 nitrogen and oxygen atoms in total. The van der Waals surface area contributed by atoms with E-state index in [0.717, 1.165) is 17.4 Å². The van der Waals surface area contributed by atoms with Gasteiger partial charge >= 0.3 is 12.1 Å². The molecule has 0 saturated carbocycles. The molecule has 30 heavy (non-hydrogen) atoms. The number of fused-ring (bicyclic) bond motifs is 1. The zero-order chi connectivity index (χ0) is 22.3. The molecule has 1 aliphatic heterocycles. The Kier molecular flexibility index (Phi) is 6.57. The number of hydrogen-bond acceptors (Lipinski definition) is 6. The number of methoxy groups -OCH3 is 1. The molecular formula is C21H28BrNO6S. The third kappa shape index (κ3) is 5.01. The number of carbonyl (C=O) groups is 2. The van der Waals surface area contributed by atoms with Gasteiger partial charge in [0.1, 0.15) is 5.60 Å². The normalized spacial score (nSPS) is 20.4. The van der Waals surface area contributed by atoms with Crippen LogP contribution in [0.4, 0.5) is 4.79 Å². The lowest BCUT2D eigenvalue weighted by atomic mass is 9.91. The first kappa shape index (κ1) is 23.1. The largest absolute Gasteiger partial charge is 0.465 e. The van der Waals surface area contributed by atoms with Crippen molar-refractivity contribution in [1.82, 2.24) is 4.57 Å². The van der Waals surface area contributed by atoms with Crippen LogP contribution in [-0.4, -0.2) is 50.0 Å². The Morgan fingerprint density at radius 3 is 2.53 bits per heavy atom. The summed E-state index contributed by atoms with van der Waals surface area (Å²) >= 11 is 3.46. The topological polar surface area (TPSA) is 98.0 Å². The summed E-state index contributed by atoms with van der Waals surface area (Å²) < 4.78 is 32.9. The molecule has 0 bridgehead atoms. The van der Waals surface area contributed by atoms with Gasteiger partial charge in [0.05, 0.1) is 18.2 Å². The van der Waals surface area contributed by atoms with Crippen LogP contribution in [0.5, 0.6) is 0 Å². The van der Waals surface area contributed by atoms with E-state index >= 15 is 0 Å². The first-order valence-corrected chi connectivity index (χ1v) is 12.5. The molecule has 1 saturated heterocycles. The first-order chi connectivity index (χ1) is 13.9. The van der Waals surface area contributed by atoms with Gasteiger partial charge in [-0.05, 0) is 63.6 Å². The van der Waals surface area contributed by atoms with Gasteiger partial charge in [0.2, 0.25) is 0 Å². The van der Waals surface area contributed by atoms with Crippen molar-refractivity contribution < 1.29 is 28.2 Å². The Morgan fingerprint density at radius 2 is 1.90 bits per heavy atom. The summed E-state index contributed by atoms with van der Waals surface area (Å²) in [6, 6.07) is 3.50. The molecule has 1 atom stereocenters. The molecule has 1 fully saturated rings. The van der Waals surface area contributed by atoms with Gasteiger partial charge in [0, 0.05) is 27.6 Å². The standard InChI is InChI=1S/C21H28BrNO6S/c1-21(2,3)29-20(25)23-12-17(13-6-5-8-30(26,27)9-7-13)15-10-14(22)11-16(18(15)23)19(24)28-4/h10-13,26-27H,5-9H2,1-4H3. The molecule has 2 heterocycles. The molecule has 0 aliphatic carbocycles. The second-order valence-corrected chi connectivity index (χ2v) is 12.0. The highest BCUT2D eigenvalue weighted by atomic mass is 79.9. The molecular weight excluding hydrogens is 474 g/mol. The zero-order valence-electron chi connectivity index (χ0n) is 17.6. The second kappa shape index (κ2) is 8.53. The predicted molar refractivity (Wildman–Crippen MR) is 122 cm³/mol. The number of ether oxygens (including phenoxy) is 2. The average molecular weight is 502 g/mol. The maximum Gasteiger partial charge on any atom is 0.419 e. The molecule has 0 radical (unpaired) electrons. The van der Waals surface area contributed by atoms with Crippen molar-refractivity contribution in [1.29, 1.82) is 0 Å². The number of rotatable bonds is 2. The highest BCUT2D eigenvalue weighted by molar-refractivity contribution is 9.10. The number of hydrogen-bond donors (Lipinski definition) is 2. The Hall–Kier alpha value is -1.55. The smallest absolute Gasteiger partial charge is 0.419 e. The maximum absolute atomic E-state index is 13.0. The number of benzene rings is 1. The van der Waals surface area contributed by atoms with Crippen molar-refractivity contribution in [3.63, 3.8) is 0 Å². The van der Waals surface area contributed by atoms with Crippen LogP contribution < -0.4 is 0 Å². The van der Waals surface area contributed by atoms with E-state index in [0.29, 0.717) is 34.3 Å². The first-order valence-electron chi connectivity index (χ1n) is 9.81. The van der Waals surface area contributed by atoms with Crippen LogP contribution in [0.2, 0.25) is 0 Å². The lowest BCUT2D eigenvalue weighted by Crippen LogP contribution is -2.27. The quantitative estimate of drug-likeness (QED) is 0.490. The van der Waals surface area contributed by atoms with E-state index in [1.807, 2.05) is 6.07 Å². The van der Waals surface area contributed by atoms with Gasteiger partial charge in [0.15, 0.2) is 0 Å². The van der Waals surface area contributed by atoms with Crippen molar-refractivity contribution in [3.05, 3.63) is 33.9 Å². The fraction of sp³-hybridized carbons (Fsp3) is 0.524.